The van der Waals surface area contributed by atoms with Crippen molar-refractivity contribution in [3.63, 3.8) is 0 Å². The van der Waals surface area contributed by atoms with Crippen LogP contribution >= 0.6 is 0 Å². The van der Waals surface area contributed by atoms with Gasteiger partial charge in [-0.3, -0.25) is 0 Å². The van der Waals surface area contributed by atoms with E-state index in [0.717, 1.165) is 25.2 Å². The number of nitrogens with one attached hydrogen (secondary N) is 1. The van der Waals surface area contributed by atoms with E-state index >= 15 is 0 Å². The molecule has 0 aromatic carbocycles. The highest BCUT2D eigenvalue weighted by Gasteiger charge is 2.46. The molecule has 0 aromatic rings. The van der Waals surface area contributed by atoms with Crippen molar-refractivity contribution >= 4 is 6.29 Å². The fraction of sp³-hybridized carbons (Fsp3) is 0.917. The van der Waals surface area contributed by atoms with Gasteiger partial charge >= 0.3 is 0 Å². The monoisotopic (exact) mass is 195 g/mol. The molecule has 0 heterocycles. The Kier molecular flexibility index (Phi) is 2.65. The minimum absolute atomic E-state index is 0.0513. The van der Waals surface area contributed by atoms with Gasteiger partial charge in [0.25, 0.3) is 0 Å². The summed E-state index contributed by atoms with van der Waals surface area (Å²) in [7, 11) is 2.06. The van der Waals surface area contributed by atoms with Crippen molar-refractivity contribution in [1.29, 1.82) is 0 Å². The molecule has 0 spiro atoms. The van der Waals surface area contributed by atoms with Crippen molar-refractivity contribution in [2.45, 2.75) is 45.1 Å². The average Bonchev–Trinajstić information content (AvgIpc) is 2.18. The highest BCUT2D eigenvalue weighted by Crippen LogP contribution is 2.49. The van der Waals surface area contributed by atoms with E-state index in [2.05, 4.69) is 19.3 Å². The van der Waals surface area contributed by atoms with Crippen LogP contribution in [0.2, 0.25) is 0 Å². The van der Waals surface area contributed by atoms with E-state index in [1.165, 1.54) is 19.1 Å². The molecule has 80 valence electrons. The molecule has 2 nitrogen and oxygen atoms in total. The predicted molar refractivity (Wildman–Crippen MR) is 57.1 cm³/mol. The molecule has 14 heavy (non-hydrogen) atoms. The van der Waals surface area contributed by atoms with Crippen LogP contribution in [0, 0.1) is 17.3 Å². The largest absolute Gasteiger partial charge is 0.316 e. The van der Waals surface area contributed by atoms with Gasteiger partial charge in [-0.2, -0.15) is 0 Å². The number of aldehydes is 1. The molecule has 4 atom stereocenters. The maximum Gasteiger partial charge on any atom is 0.126 e. The third-order valence-corrected chi connectivity index (χ3v) is 4.35. The Bertz CT molecular complexity index is 224. The molecule has 0 aliphatic heterocycles. The number of carbonyl (C=O) groups is 1. The zero-order valence-electron chi connectivity index (χ0n) is 9.25. The lowest BCUT2D eigenvalue weighted by Gasteiger charge is -2.49. The topological polar surface area (TPSA) is 29.1 Å². The molecule has 2 heteroatoms. The van der Waals surface area contributed by atoms with Crippen molar-refractivity contribution in [1.82, 2.24) is 5.32 Å². The first-order valence-electron chi connectivity index (χ1n) is 5.84. The summed E-state index contributed by atoms with van der Waals surface area (Å²) in [6, 6.07) is 0.642. The summed E-state index contributed by atoms with van der Waals surface area (Å²) in [5.74, 6) is 1.40. The van der Waals surface area contributed by atoms with Gasteiger partial charge in [-0.05, 0) is 44.6 Å². The summed E-state index contributed by atoms with van der Waals surface area (Å²) < 4.78 is 0. The zero-order valence-corrected chi connectivity index (χ0v) is 9.25. The van der Waals surface area contributed by atoms with E-state index in [0.29, 0.717) is 12.0 Å². The number of hydrogen-bond acceptors (Lipinski definition) is 2. The minimum atomic E-state index is 0.0513. The Labute approximate surface area is 86.5 Å². The average molecular weight is 195 g/mol. The second-order valence-electron chi connectivity index (χ2n) is 5.33. The van der Waals surface area contributed by atoms with Crippen molar-refractivity contribution in [2.75, 3.05) is 7.05 Å². The minimum Gasteiger partial charge on any atom is -0.316 e. The lowest BCUT2D eigenvalue weighted by Crippen LogP contribution is -2.50. The van der Waals surface area contributed by atoms with Crippen molar-refractivity contribution < 1.29 is 4.79 Å². The van der Waals surface area contributed by atoms with Crippen LogP contribution in [0.4, 0.5) is 0 Å². The highest BCUT2D eigenvalue weighted by atomic mass is 16.1. The van der Waals surface area contributed by atoms with Gasteiger partial charge in [0.05, 0.1) is 0 Å². The second-order valence-corrected chi connectivity index (χ2v) is 5.33. The number of rotatable bonds is 2. The molecular weight excluding hydrogens is 174 g/mol. The van der Waals surface area contributed by atoms with Gasteiger partial charge in [0.1, 0.15) is 6.29 Å². The Hall–Kier alpha value is -0.370. The van der Waals surface area contributed by atoms with E-state index in [1.807, 2.05) is 0 Å². The molecular formula is C12H21NO. The fourth-order valence-corrected chi connectivity index (χ4v) is 3.84. The number of fused-ring (bicyclic) bond motifs is 2. The van der Waals surface area contributed by atoms with Gasteiger partial charge in [-0.15, -0.1) is 0 Å². The molecule has 2 saturated carbocycles. The van der Waals surface area contributed by atoms with Gasteiger partial charge < -0.3 is 10.1 Å². The first kappa shape index (κ1) is 10.2. The maximum atomic E-state index is 11.2. The van der Waals surface area contributed by atoms with E-state index in [9.17, 15) is 4.79 Å². The van der Waals surface area contributed by atoms with E-state index in [-0.39, 0.29) is 5.41 Å². The first-order valence-corrected chi connectivity index (χ1v) is 5.84. The van der Waals surface area contributed by atoms with E-state index in [4.69, 9.17) is 0 Å². The standard InChI is InChI=1S/C12H21NO/c1-9-6-12(8-14)5-3-4-10(7-12)11(9)13-2/h8-11,13H,3-7H2,1-2H3. The summed E-state index contributed by atoms with van der Waals surface area (Å²) in [5, 5.41) is 3.43. The molecule has 4 unspecified atom stereocenters. The van der Waals surface area contributed by atoms with Crippen molar-refractivity contribution in [3.05, 3.63) is 0 Å². The predicted octanol–water partition coefficient (Wildman–Crippen LogP) is 1.99. The Morgan fingerprint density at radius 3 is 2.86 bits per heavy atom. The zero-order chi connectivity index (χ0) is 10.2. The molecule has 0 amide bonds. The fourth-order valence-electron chi connectivity index (χ4n) is 3.84. The Balaban J connectivity index is 2.18. The lowest BCUT2D eigenvalue weighted by molar-refractivity contribution is -0.123. The normalized spacial score (nSPS) is 47.4. The summed E-state index contributed by atoms with van der Waals surface area (Å²) in [5.41, 5.74) is 0.0513. The van der Waals surface area contributed by atoms with Crippen molar-refractivity contribution in [2.24, 2.45) is 17.3 Å². The summed E-state index contributed by atoms with van der Waals surface area (Å²) in [6.45, 7) is 2.29. The second kappa shape index (κ2) is 3.65. The van der Waals surface area contributed by atoms with Gasteiger partial charge in [0.2, 0.25) is 0 Å². The highest BCUT2D eigenvalue weighted by molar-refractivity contribution is 5.60. The van der Waals surface area contributed by atoms with Gasteiger partial charge in [0, 0.05) is 11.5 Å². The van der Waals surface area contributed by atoms with Crippen LogP contribution in [0.15, 0.2) is 0 Å². The van der Waals surface area contributed by atoms with Gasteiger partial charge in [0.15, 0.2) is 0 Å². The van der Waals surface area contributed by atoms with Crippen LogP contribution < -0.4 is 5.32 Å². The van der Waals surface area contributed by atoms with Crippen LogP contribution in [0.5, 0.6) is 0 Å². The molecule has 2 aliphatic carbocycles. The molecule has 2 rings (SSSR count). The first-order chi connectivity index (χ1) is 6.71. The quantitative estimate of drug-likeness (QED) is 0.683. The molecule has 0 saturated heterocycles. The number of hydrogen-bond donors (Lipinski definition) is 1. The maximum absolute atomic E-state index is 11.2. The van der Waals surface area contributed by atoms with E-state index < -0.39 is 0 Å². The molecule has 2 bridgehead atoms. The summed E-state index contributed by atoms with van der Waals surface area (Å²) in [4.78, 5) is 11.2. The SMILES string of the molecule is CNC1C(C)CC2(C=O)CCCC1C2. The van der Waals surface area contributed by atoms with Gasteiger partial charge in [-0.1, -0.05) is 13.3 Å². The number of carbonyl (C=O) groups excluding carboxylic acids is 1. The third-order valence-electron chi connectivity index (χ3n) is 4.35. The molecule has 2 fully saturated rings. The third kappa shape index (κ3) is 1.50. The van der Waals surface area contributed by atoms with Crippen LogP contribution in [-0.4, -0.2) is 19.4 Å². The Morgan fingerprint density at radius 1 is 1.43 bits per heavy atom. The molecule has 0 radical (unpaired) electrons. The smallest absolute Gasteiger partial charge is 0.126 e. The van der Waals surface area contributed by atoms with Crippen molar-refractivity contribution in [3.8, 4) is 0 Å². The lowest BCUT2D eigenvalue weighted by atomic mass is 9.58. The molecule has 0 aromatic heterocycles. The summed E-state index contributed by atoms with van der Waals surface area (Å²) >= 11 is 0. The summed E-state index contributed by atoms with van der Waals surface area (Å²) in [6.07, 6.45) is 7.17. The van der Waals surface area contributed by atoms with E-state index in [1.54, 1.807) is 0 Å². The Morgan fingerprint density at radius 2 is 2.21 bits per heavy atom. The van der Waals surface area contributed by atoms with Crippen LogP contribution in [0.25, 0.3) is 0 Å². The molecule has 1 N–H and O–H groups in total. The van der Waals surface area contributed by atoms with Crippen LogP contribution in [0.1, 0.15) is 39.0 Å². The van der Waals surface area contributed by atoms with Crippen LogP contribution in [-0.2, 0) is 4.79 Å². The van der Waals surface area contributed by atoms with Crippen LogP contribution in [0.3, 0.4) is 0 Å². The van der Waals surface area contributed by atoms with Gasteiger partial charge in [-0.25, -0.2) is 0 Å². The molecule has 2 aliphatic rings.